The van der Waals surface area contributed by atoms with E-state index in [1.165, 1.54) is 24.6 Å². The van der Waals surface area contributed by atoms with E-state index < -0.39 is 26.0 Å². The summed E-state index contributed by atoms with van der Waals surface area (Å²) in [5.41, 5.74) is -0.973. The Balaban J connectivity index is 2.63. The fourth-order valence-electron chi connectivity index (χ4n) is 1.38. The Bertz CT molecular complexity index is 649. The minimum atomic E-state index is -4.94. The molecule has 0 fully saturated rings. The summed E-state index contributed by atoms with van der Waals surface area (Å²) in [6.07, 6.45) is 6.71. The minimum absolute atomic E-state index is 0.0967. The maximum Gasteiger partial charge on any atom is 0.375 e. The number of aliphatic imine (C=N–C) groups is 2. The Morgan fingerprint density at radius 2 is 1.74 bits per heavy atom. The first-order valence-electron chi connectivity index (χ1n) is 4.82. The van der Waals surface area contributed by atoms with Gasteiger partial charge in [0, 0.05) is 18.6 Å². The van der Waals surface area contributed by atoms with Gasteiger partial charge >= 0.3 is 15.2 Å². The first kappa shape index (κ1) is 14.1. The molecule has 2 heterocycles. The summed E-state index contributed by atoms with van der Waals surface area (Å²) in [6, 6.07) is 0. The predicted octanol–water partition coefficient (Wildman–Crippen LogP) is 0.294. The molecule has 0 atom stereocenters. The Morgan fingerprint density at radius 3 is 2.32 bits per heavy atom. The first-order chi connectivity index (χ1) is 8.69. The minimum Gasteiger partial charge on any atom is -0.321 e. The fraction of sp³-hybridized carbons (Fsp3) is 0. The molecule has 0 aromatic rings. The van der Waals surface area contributed by atoms with Crippen LogP contribution in [0.15, 0.2) is 46.1 Å². The van der Waals surface area contributed by atoms with E-state index in [1.807, 2.05) is 0 Å². The molecular formula is C8H9N3O6P2. The van der Waals surface area contributed by atoms with Crippen molar-refractivity contribution < 1.29 is 28.7 Å². The molecule has 0 aromatic heterocycles. The molecule has 0 spiro atoms. The van der Waals surface area contributed by atoms with Crippen LogP contribution >= 0.6 is 15.2 Å². The number of hydrogen-bond donors (Lipinski definition) is 4. The van der Waals surface area contributed by atoms with Crippen LogP contribution in [-0.4, -0.2) is 35.9 Å². The Hall–Kier alpha value is -1.34. The maximum atomic E-state index is 11.3. The standard InChI is InChI=1S/C8H9N3O6P2/c12-18(13,14)6-5-11-4-2-1-3-9-8(11)10-7(6)19(15,16)17/h1-5H,(H2,12,13,14)(H2,15,16,17). The van der Waals surface area contributed by atoms with Crippen LogP contribution in [0.5, 0.6) is 0 Å². The van der Waals surface area contributed by atoms with Crippen molar-refractivity contribution in [2.75, 3.05) is 0 Å². The summed E-state index contributed by atoms with van der Waals surface area (Å²) in [6.45, 7) is 0. The van der Waals surface area contributed by atoms with Gasteiger partial charge in [-0.2, -0.15) is 0 Å². The molecule has 4 N–H and O–H groups in total. The van der Waals surface area contributed by atoms with Crippen LogP contribution in [0.4, 0.5) is 0 Å². The number of guanidine groups is 1. The van der Waals surface area contributed by atoms with Gasteiger partial charge in [-0.05, 0) is 12.2 Å². The highest BCUT2D eigenvalue weighted by molar-refractivity contribution is 7.75. The largest absolute Gasteiger partial charge is 0.375 e. The zero-order valence-corrected chi connectivity index (χ0v) is 11.0. The molecule has 2 aliphatic heterocycles. The van der Waals surface area contributed by atoms with Gasteiger partial charge in [0.1, 0.15) is 5.31 Å². The van der Waals surface area contributed by atoms with Crippen molar-refractivity contribution in [1.29, 1.82) is 0 Å². The Labute approximate surface area is 107 Å². The molecule has 0 unspecified atom stereocenters. The molecule has 0 bridgehead atoms. The molecular weight excluding hydrogens is 296 g/mol. The van der Waals surface area contributed by atoms with E-state index >= 15 is 0 Å². The van der Waals surface area contributed by atoms with Gasteiger partial charge < -0.3 is 19.6 Å². The molecule has 0 radical (unpaired) electrons. The molecule has 2 rings (SSSR count). The SMILES string of the molecule is O=P(O)(O)C1=CN2C=CC=CN=C2N=C1P(=O)(O)O. The highest BCUT2D eigenvalue weighted by atomic mass is 31.2. The topological polar surface area (TPSA) is 143 Å². The molecule has 102 valence electrons. The van der Waals surface area contributed by atoms with Crippen LogP contribution in [0, 0.1) is 0 Å². The van der Waals surface area contributed by atoms with E-state index in [2.05, 4.69) is 9.98 Å². The van der Waals surface area contributed by atoms with Gasteiger partial charge in [-0.1, -0.05) is 0 Å². The third kappa shape index (κ3) is 2.98. The monoisotopic (exact) mass is 305 g/mol. The van der Waals surface area contributed by atoms with E-state index in [4.69, 9.17) is 19.6 Å². The maximum absolute atomic E-state index is 11.3. The van der Waals surface area contributed by atoms with Crippen molar-refractivity contribution in [2.24, 2.45) is 9.98 Å². The molecule has 0 saturated heterocycles. The van der Waals surface area contributed by atoms with E-state index in [0.717, 1.165) is 11.1 Å². The smallest absolute Gasteiger partial charge is 0.321 e. The van der Waals surface area contributed by atoms with Crippen molar-refractivity contribution in [2.45, 2.75) is 0 Å². The average molecular weight is 305 g/mol. The zero-order valence-electron chi connectivity index (χ0n) is 9.23. The van der Waals surface area contributed by atoms with E-state index in [1.54, 1.807) is 0 Å². The lowest BCUT2D eigenvalue weighted by molar-refractivity contribution is 0.379. The summed E-state index contributed by atoms with van der Waals surface area (Å²) >= 11 is 0. The molecule has 0 aliphatic carbocycles. The predicted molar refractivity (Wildman–Crippen MR) is 67.2 cm³/mol. The summed E-state index contributed by atoms with van der Waals surface area (Å²) in [5.74, 6) is -0.0967. The summed E-state index contributed by atoms with van der Waals surface area (Å²) in [5, 5.41) is -0.827. The second-order valence-corrected chi connectivity index (χ2v) is 6.64. The number of nitrogens with zero attached hydrogens (tertiary/aromatic N) is 3. The van der Waals surface area contributed by atoms with Crippen LogP contribution in [0.1, 0.15) is 0 Å². The second kappa shape index (κ2) is 4.64. The van der Waals surface area contributed by atoms with Crippen LogP contribution < -0.4 is 0 Å². The summed E-state index contributed by atoms with van der Waals surface area (Å²) in [7, 11) is -9.82. The van der Waals surface area contributed by atoms with Gasteiger partial charge in [-0.15, -0.1) is 0 Å². The molecule has 9 nitrogen and oxygen atoms in total. The lowest BCUT2D eigenvalue weighted by Crippen LogP contribution is -2.26. The van der Waals surface area contributed by atoms with Crippen molar-refractivity contribution in [3.8, 4) is 0 Å². The molecule has 2 aliphatic rings. The van der Waals surface area contributed by atoms with Gasteiger partial charge in [0.2, 0.25) is 5.96 Å². The van der Waals surface area contributed by atoms with Crippen molar-refractivity contribution in [1.82, 2.24) is 4.90 Å². The van der Waals surface area contributed by atoms with Gasteiger partial charge in [0.15, 0.2) is 5.45 Å². The van der Waals surface area contributed by atoms with E-state index in [0.29, 0.717) is 0 Å². The van der Waals surface area contributed by atoms with Gasteiger partial charge in [0.25, 0.3) is 0 Å². The summed E-state index contributed by atoms with van der Waals surface area (Å²) in [4.78, 5) is 45.1. The quantitative estimate of drug-likeness (QED) is 0.537. The number of fused-ring (bicyclic) bond motifs is 1. The second-order valence-electron chi connectivity index (χ2n) is 3.56. The lowest BCUT2D eigenvalue weighted by Gasteiger charge is -2.23. The highest BCUT2D eigenvalue weighted by Crippen LogP contribution is 2.55. The zero-order chi connectivity index (χ0) is 14.3. The molecule has 0 amide bonds. The fourth-order valence-corrected chi connectivity index (χ4v) is 3.33. The van der Waals surface area contributed by atoms with Crippen LogP contribution in [0.2, 0.25) is 0 Å². The number of hydrogen-bond acceptors (Lipinski definition) is 5. The molecule has 11 heteroatoms. The van der Waals surface area contributed by atoms with Crippen molar-refractivity contribution in [3.63, 3.8) is 0 Å². The van der Waals surface area contributed by atoms with Crippen LogP contribution in [0.3, 0.4) is 0 Å². The van der Waals surface area contributed by atoms with Crippen molar-refractivity contribution >= 4 is 26.6 Å². The lowest BCUT2D eigenvalue weighted by atomic mass is 10.5. The number of allylic oxidation sites excluding steroid dienone is 3. The van der Waals surface area contributed by atoms with Crippen LogP contribution in [-0.2, 0) is 9.13 Å². The van der Waals surface area contributed by atoms with Gasteiger partial charge in [-0.25, -0.2) is 9.98 Å². The van der Waals surface area contributed by atoms with Gasteiger partial charge in [-0.3, -0.25) is 14.0 Å². The third-order valence-corrected chi connectivity index (χ3v) is 4.17. The van der Waals surface area contributed by atoms with Crippen molar-refractivity contribution in [3.05, 3.63) is 36.1 Å². The molecule has 0 aromatic carbocycles. The summed E-state index contributed by atoms with van der Waals surface area (Å²) < 4.78 is 22.6. The molecule has 0 saturated carbocycles. The van der Waals surface area contributed by atoms with E-state index in [-0.39, 0.29) is 5.96 Å². The third-order valence-electron chi connectivity index (χ3n) is 2.15. The van der Waals surface area contributed by atoms with Gasteiger partial charge in [0.05, 0.1) is 0 Å². The Kier molecular flexibility index (Phi) is 3.44. The Morgan fingerprint density at radius 1 is 1.05 bits per heavy atom. The van der Waals surface area contributed by atoms with Crippen LogP contribution in [0.25, 0.3) is 0 Å². The first-order valence-corrected chi connectivity index (χ1v) is 8.04. The van der Waals surface area contributed by atoms with E-state index in [9.17, 15) is 9.13 Å². The molecule has 19 heavy (non-hydrogen) atoms. The highest BCUT2D eigenvalue weighted by Gasteiger charge is 2.40. The average Bonchev–Trinajstić information content (AvgIpc) is 2.49. The number of rotatable bonds is 2. The normalized spacial score (nSPS) is 19.4.